The summed E-state index contributed by atoms with van der Waals surface area (Å²) in [6, 6.07) is 6.90. The van der Waals surface area contributed by atoms with Crippen molar-refractivity contribution in [2.75, 3.05) is 5.32 Å². The highest BCUT2D eigenvalue weighted by Gasteiger charge is 2.12. The minimum absolute atomic E-state index is 0.547. The Balaban J connectivity index is 2.57. The lowest BCUT2D eigenvalue weighted by Crippen LogP contribution is -2.32. The van der Waals surface area contributed by atoms with Gasteiger partial charge in [0, 0.05) is 15.9 Å². The van der Waals surface area contributed by atoms with Gasteiger partial charge in [-0.05, 0) is 38.1 Å². The molecule has 2 amide bonds. The lowest BCUT2D eigenvalue weighted by atomic mass is 10.3. The van der Waals surface area contributed by atoms with Crippen molar-refractivity contribution in [3.63, 3.8) is 0 Å². The van der Waals surface area contributed by atoms with Gasteiger partial charge in [-0.25, -0.2) is 5.43 Å². The molecule has 0 aliphatic rings. The molecule has 0 unspecified atom stereocenters. The Kier molecular flexibility index (Phi) is 4.84. The number of hydrogen-bond donors (Lipinski definition) is 2. The molecule has 2 N–H and O–H groups in total. The lowest BCUT2D eigenvalue weighted by molar-refractivity contribution is -0.136. The second-order valence-corrected chi connectivity index (χ2v) is 4.38. The molecule has 0 atom stereocenters. The molecular weight excluding hydrogens is 286 g/mol. The van der Waals surface area contributed by atoms with Crippen LogP contribution in [-0.2, 0) is 9.59 Å². The Morgan fingerprint density at radius 3 is 2.24 bits per heavy atom. The SMILES string of the molecule is CC(C)=NNC(=O)C(=O)Nc1ccc(Br)cc1. The second-order valence-electron chi connectivity index (χ2n) is 3.46. The highest BCUT2D eigenvalue weighted by atomic mass is 79.9. The number of anilines is 1. The first-order valence-corrected chi connectivity index (χ1v) is 5.66. The van der Waals surface area contributed by atoms with Gasteiger partial charge in [-0.15, -0.1) is 0 Å². The normalized spacial score (nSPS) is 9.35. The van der Waals surface area contributed by atoms with Crippen LogP contribution < -0.4 is 10.7 Å². The molecule has 0 bridgehead atoms. The van der Waals surface area contributed by atoms with Gasteiger partial charge in [-0.3, -0.25) is 9.59 Å². The molecule has 0 saturated heterocycles. The number of carbonyl (C=O) groups is 2. The van der Waals surface area contributed by atoms with Crippen LogP contribution in [0.4, 0.5) is 5.69 Å². The third-order valence-corrected chi connectivity index (χ3v) is 2.22. The Hall–Kier alpha value is -1.69. The second kappa shape index (κ2) is 6.15. The smallest absolute Gasteiger partial charge is 0.318 e. The maximum Gasteiger partial charge on any atom is 0.329 e. The zero-order chi connectivity index (χ0) is 12.8. The number of carbonyl (C=O) groups excluding carboxylic acids is 2. The Morgan fingerprint density at radius 2 is 1.71 bits per heavy atom. The van der Waals surface area contributed by atoms with Crippen molar-refractivity contribution in [3.05, 3.63) is 28.7 Å². The predicted molar refractivity (Wildman–Crippen MR) is 69.7 cm³/mol. The van der Waals surface area contributed by atoms with Crippen molar-refractivity contribution in [2.45, 2.75) is 13.8 Å². The van der Waals surface area contributed by atoms with E-state index in [2.05, 4.69) is 31.8 Å². The van der Waals surface area contributed by atoms with Crippen LogP contribution in [0.1, 0.15) is 13.8 Å². The Morgan fingerprint density at radius 1 is 1.12 bits per heavy atom. The molecule has 1 aromatic carbocycles. The summed E-state index contributed by atoms with van der Waals surface area (Å²) in [7, 11) is 0. The molecule has 1 rings (SSSR count). The molecule has 90 valence electrons. The first kappa shape index (κ1) is 13.4. The molecule has 0 saturated carbocycles. The molecular formula is C11H12BrN3O2. The first-order chi connectivity index (χ1) is 7.99. The summed E-state index contributed by atoms with van der Waals surface area (Å²) < 4.78 is 0.895. The topological polar surface area (TPSA) is 70.6 Å². The monoisotopic (exact) mass is 297 g/mol. The number of rotatable bonds is 2. The summed E-state index contributed by atoms with van der Waals surface area (Å²) >= 11 is 3.27. The van der Waals surface area contributed by atoms with Crippen LogP contribution in [0.25, 0.3) is 0 Å². The van der Waals surface area contributed by atoms with Gasteiger partial charge in [0.15, 0.2) is 0 Å². The van der Waals surface area contributed by atoms with Gasteiger partial charge in [0.25, 0.3) is 0 Å². The van der Waals surface area contributed by atoms with E-state index in [0.29, 0.717) is 11.4 Å². The molecule has 0 aliphatic heterocycles. The minimum Gasteiger partial charge on any atom is -0.318 e. The molecule has 0 heterocycles. The highest BCUT2D eigenvalue weighted by molar-refractivity contribution is 9.10. The number of amides is 2. The highest BCUT2D eigenvalue weighted by Crippen LogP contribution is 2.13. The van der Waals surface area contributed by atoms with E-state index in [-0.39, 0.29) is 0 Å². The van der Waals surface area contributed by atoms with Crippen LogP contribution in [0.3, 0.4) is 0 Å². The molecule has 5 nitrogen and oxygen atoms in total. The standard InChI is InChI=1S/C11H12BrN3O2/c1-7(2)14-15-11(17)10(16)13-9-5-3-8(12)4-6-9/h3-6H,1-2H3,(H,13,16)(H,15,17). The summed E-state index contributed by atoms with van der Waals surface area (Å²) in [5.41, 5.74) is 3.35. The molecule has 1 aromatic rings. The maximum absolute atomic E-state index is 11.4. The van der Waals surface area contributed by atoms with Crippen LogP contribution in [0.2, 0.25) is 0 Å². The number of hydrazone groups is 1. The van der Waals surface area contributed by atoms with Gasteiger partial charge >= 0.3 is 11.8 Å². The van der Waals surface area contributed by atoms with Crippen molar-refractivity contribution in [2.24, 2.45) is 5.10 Å². The molecule has 0 aliphatic carbocycles. The summed E-state index contributed by atoms with van der Waals surface area (Å²) in [5, 5.41) is 6.10. The van der Waals surface area contributed by atoms with Gasteiger partial charge in [0.2, 0.25) is 0 Å². The molecule has 6 heteroatoms. The summed E-state index contributed by atoms with van der Waals surface area (Å²) in [4.78, 5) is 22.7. The van der Waals surface area contributed by atoms with Crippen molar-refractivity contribution in [3.8, 4) is 0 Å². The van der Waals surface area contributed by atoms with E-state index in [1.807, 2.05) is 0 Å². The number of hydrogen-bond acceptors (Lipinski definition) is 3. The van der Waals surface area contributed by atoms with E-state index in [4.69, 9.17) is 0 Å². The van der Waals surface area contributed by atoms with Crippen molar-refractivity contribution in [1.82, 2.24) is 5.43 Å². The van der Waals surface area contributed by atoms with Gasteiger partial charge < -0.3 is 5.32 Å². The fourth-order valence-corrected chi connectivity index (χ4v) is 1.20. The molecule has 0 radical (unpaired) electrons. The van der Waals surface area contributed by atoms with E-state index in [9.17, 15) is 9.59 Å². The number of nitrogens with one attached hydrogen (secondary N) is 2. The lowest BCUT2D eigenvalue weighted by Gasteiger charge is -2.03. The molecule has 0 fully saturated rings. The number of benzene rings is 1. The zero-order valence-corrected chi connectivity index (χ0v) is 11.0. The summed E-state index contributed by atoms with van der Waals surface area (Å²) in [5.74, 6) is -1.55. The van der Waals surface area contributed by atoms with Crippen LogP contribution in [0.5, 0.6) is 0 Å². The predicted octanol–water partition coefficient (Wildman–Crippen LogP) is 1.90. The van der Waals surface area contributed by atoms with E-state index in [1.54, 1.807) is 38.1 Å². The van der Waals surface area contributed by atoms with E-state index in [0.717, 1.165) is 4.47 Å². The van der Waals surface area contributed by atoms with E-state index >= 15 is 0 Å². The maximum atomic E-state index is 11.4. The summed E-state index contributed by atoms with van der Waals surface area (Å²) in [6.07, 6.45) is 0. The van der Waals surface area contributed by atoms with Gasteiger partial charge in [-0.1, -0.05) is 15.9 Å². The number of halogens is 1. The first-order valence-electron chi connectivity index (χ1n) is 4.87. The average Bonchev–Trinajstić information content (AvgIpc) is 2.28. The van der Waals surface area contributed by atoms with Crippen molar-refractivity contribution < 1.29 is 9.59 Å². The Bertz CT molecular complexity index is 450. The van der Waals surface area contributed by atoms with Gasteiger partial charge in [0.1, 0.15) is 0 Å². The van der Waals surface area contributed by atoms with Crippen molar-refractivity contribution >= 4 is 39.1 Å². The van der Waals surface area contributed by atoms with E-state index < -0.39 is 11.8 Å². The third kappa shape index (κ3) is 4.78. The van der Waals surface area contributed by atoms with Crippen LogP contribution in [0, 0.1) is 0 Å². The molecule has 17 heavy (non-hydrogen) atoms. The van der Waals surface area contributed by atoms with Crippen molar-refractivity contribution in [1.29, 1.82) is 0 Å². The van der Waals surface area contributed by atoms with Gasteiger partial charge in [0.05, 0.1) is 0 Å². The van der Waals surface area contributed by atoms with Gasteiger partial charge in [-0.2, -0.15) is 5.10 Å². The largest absolute Gasteiger partial charge is 0.329 e. The van der Waals surface area contributed by atoms with Crippen LogP contribution >= 0.6 is 15.9 Å². The number of nitrogens with zero attached hydrogens (tertiary/aromatic N) is 1. The van der Waals surface area contributed by atoms with Crippen LogP contribution in [0.15, 0.2) is 33.8 Å². The quantitative estimate of drug-likeness (QED) is 0.497. The van der Waals surface area contributed by atoms with Crippen LogP contribution in [-0.4, -0.2) is 17.5 Å². The Labute approximate surface area is 107 Å². The fourth-order valence-electron chi connectivity index (χ4n) is 0.934. The molecule has 0 aromatic heterocycles. The average molecular weight is 298 g/mol. The summed E-state index contributed by atoms with van der Waals surface area (Å²) in [6.45, 7) is 3.43. The fraction of sp³-hybridized carbons (Fsp3) is 0.182. The minimum atomic E-state index is -0.797. The van der Waals surface area contributed by atoms with E-state index in [1.165, 1.54) is 0 Å². The third-order valence-electron chi connectivity index (χ3n) is 1.69. The zero-order valence-electron chi connectivity index (χ0n) is 9.45. The molecule has 0 spiro atoms.